The van der Waals surface area contributed by atoms with E-state index in [1.54, 1.807) is 24.7 Å². The molecule has 0 bridgehead atoms. The second-order valence-electron chi connectivity index (χ2n) is 5.64. The van der Waals surface area contributed by atoms with Crippen molar-refractivity contribution in [3.05, 3.63) is 104 Å². The third-order valence-electron chi connectivity index (χ3n) is 3.64. The number of rotatable bonds is 4. The van der Waals surface area contributed by atoms with Crippen molar-refractivity contribution in [2.45, 2.75) is 19.6 Å². The van der Waals surface area contributed by atoms with Crippen LogP contribution in [0, 0.1) is 0 Å². The average Bonchev–Trinajstić information content (AvgIpc) is 2.77. The van der Waals surface area contributed by atoms with Gasteiger partial charge in [-0.3, -0.25) is 15.0 Å². The highest BCUT2D eigenvalue weighted by atomic mass is 32.2. The largest absolute Gasteiger partial charge is 0.744 e. The van der Waals surface area contributed by atoms with Crippen LogP contribution < -0.4 is 0 Å². The Morgan fingerprint density at radius 3 is 1.31 bits per heavy atom. The Labute approximate surface area is 172 Å². The Morgan fingerprint density at radius 2 is 1.03 bits per heavy atom. The fourth-order valence-electron chi connectivity index (χ4n) is 2.40. The normalized spacial score (nSPS) is 10.8. The molecule has 0 fully saturated rings. The van der Waals surface area contributed by atoms with Gasteiger partial charge in [0.15, 0.2) is 14.7 Å². The molecule has 0 saturated heterocycles. The molecule has 4 rings (SSSR count). The van der Waals surface area contributed by atoms with E-state index in [-0.39, 0.29) is 15.8 Å². The molecule has 0 spiro atoms. The van der Waals surface area contributed by atoms with Crippen LogP contribution in [0.2, 0.25) is 0 Å². The first-order chi connectivity index (χ1) is 14.1. The van der Waals surface area contributed by atoms with Crippen molar-refractivity contribution in [1.29, 1.82) is 0 Å². The second-order valence-corrected chi connectivity index (χ2v) is 9.05. The highest BCUT2D eigenvalue weighted by Crippen LogP contribution is 2.29. The molecule has 0 aliphatic heterocycles. The summed E-state index contributed by atoms with van der Waals surface area (Å²) in [4.78, 5) is 16.0. The fourth-order valence-corrected chi connectivity index (χ4v) is 4.85. The van der Waals surface area contributed by atoms with Gasteiger partial charge in [-0.1, -0.05) is 18.2 Å². The summed E-state index contributed by atoms with van der Waals surface area (Å²) in [6.07, 6.45) is 11.1. The molecule has 8 heteroatoms. The van der Waals surface area contributed by atoms with Crippen LogP contribution in [0.15, 0.2) is 123 Å². The molecule has 0 amide bonds. The van der Waals surface area contributed by atoms with E-state index in [9.17, 15) is 13.0 Å². The van der Waals surface area contributed by atoms with Crippen molar-refractivity contribution in [1.82, 2.24) is 15.0 Å². The van der Waals surface area contributed by atoms with Crippen LogP contribution in [0.1, 0.15) is 0 Å². The van der Waals surface area contributed by atoms with E-state index in [2.05, 4.69) is 33.2 Å². The van der Waals surface area contributed by atoms with Crippen molar-refractivity contribution >= 4 is 21.0 Å². The maximum absolute atomic E-state index is 10.3. The summed E-state index contributed by atoms with van der Waals surface area (Å²) in [6, 6.07) is 19.4. The number of pyridine rings is 3. The lowest BCUT2D eigenvalue weighted by Crippen LogP contribution is -2.05. The van der Waals surface area contributed by atoms with Crippen LogP contribution in [-0.2, 0) is 21.0 Å². The van der Waals surface area contributed by atoms with Gasteiger partial charge in [-0.05, 0) is 48.5 Å². The quantitative estimate of drug-likeness (QED) is 0.368. The first-order valence-electron chi connectivity index (χ1n) is 8.51. The summed E-state index contributed by atoms with van der Waals surface area (Å²) < 4.78 is 30.8. The lowest BCUT2D eigenvalue weighted by Gasteiger charge is -2.05. The molecule has 29 heavy (non-hydrogen) atoms. The monoisotopic (exact) mass is 423 g/mol. The number of nitrogens with zero attached hydrogens (tertiary/aromatic N) is 3. The topological polar surface area (TPSA) is 95.9 Å². The van der Waals surface area contributed by atoms with Crippen molar-refractivity contribution in [2.24, 2.45) is 0 Å². The van der Waals surface area contributed by atoms with Crippen LogP contribution in [0.25, 0.3) is 0 Å². The summed E-state index contributed by atoms with van der Waals surface area (Å²) in [5.74, 6) is 0. The molecule has 3 heterocycles. The van der Waals surface area contributed by atoms with Gasteiger partial charge in [-0.2, -0.15) is 0 Å². The standard InChI is InChI=1S/C15H12N3S.C6H6O3S/c1-4-13(10-16-7-1)19(14-5-2-8-17-11-14)15-6-3-9-18-12-15;7-10(8,9)6-4-2-1-3-5-6/h1-12H;1-5H,(H,7,8,9)/q+1;/p-1. The molecule has 0 N–H and O–H groups in total. The maximum atomic E-state index is 10.3. The van der Waals surface area contributed by atoms with E-state index < -0.39 is 10.1 Å². The predicted molar refractivity (Wildman–Crippen MR) is 109 cm³/mol. The van der Waals surface area contributed by atoms with Gasteiger partial charge >= 0.3 is 0 Å². The maximum Gasteiger partial charge on any atom is 0.184 e. The number of hydrogen-bond acceptors (Lipinski definition) is 6. The van der Waals surface area contributed by atoms with E-state index in [0.29, 0.717) is 0 Å². The van der Waals surface area contributed by atoms with Crippen LogP contribution in [0.5, 0.6) is 0 Å². The Bertz CT molecular complexity index is 1020. The molecule has 0 saturated carbocycles. The van der Waals surface area contributed by atoms with Crippen LogP contribution in [-0.4, -0.2) is 27.9 Å². The van der Waals surface area contributed by atoms with Gasteiger partial charge in [0, 0.05) is 18.6 Å². The Balaban J connectivity index is 0.000000204. The second kappa shape index (κ2) is 9.92. The third kappa shape index (κ3) is 5.95. The zero-order chi connectivity index (χ0) is 20.5. The van der Waals surface area contributed by atoms with Crippen LogP contribution in [0.3, 0.4) is 0 Å². The molecule has 0 radical (unpaired) electrons. The highest BCUT2D eigenvalue weighted by Gasteiger charge is 2.29. The summed E-state index contributed by atoms with van der Waals surface area (Å²) >= 11 is 0. The smallest absolute Gasteiger partial charge is 0.184 e. The first kappa shape index (κ1) is 20.7. The van der Waals surface area contributed by atoms with Gasteiger partial charge < -0.3 is 4.55 Å². The van der Waals surface area contributed by atoms with E-state index in [1.165, 1.54) is 39.0 Å². The Hall–Kier alpha value is -3.07. The molecule has 146 valence electrons. The molecule has 1 aromatic carbocycles. The van der Waals surface area contributed by atoms with E-state index in [0.717, 1.165) is 0 Å². The van der Waals surface area contributed by atoms with Gasteiger partial charge in [-0.25, -0.2) is 8.42 Å². The van der Waals surface area contributed by atoms with E-state index in [4.69, 9.17) is 0 Å². The number of aromatic nitrogens is 3. The number of benzene rings is 1. The van der Waals surface area contributed by atoms with Gasteiger partial charge in [0.05, 0.1) is 23.5 Å². The van der Waals surface area contributed by atoms with Crippen molar-refractivity contribution in [2.75, 3.05) is 0 Å². The van der Waals surface area contributed by atoms with E-state index in [1.807, 2.05) is 36.8 Å². The van der Waals surface area contributed by atoms with Crippen molar-refractivity contribution in [3.8, 4) is 0 Å². The van der Waals surface area contributed by atoms with Gasteiger partial charge in [0.1, 0.15) is 21.0 Å². The molecule has 0 unspecified atom stereocenters. The van der Waals surface area contributed by atoms with Crippen molar-refractivity contribution < 1.29 is 13.0 Å². The molecule has 0 atom stereocenters. The highest BCUT2D eigenvalue weighted by molar-refractivity contribution is 7.97. The lowest BCUT2D eigenvalue weighted by molar-refractivity contribution is 0.463. The zero-order valence-electron chi connectivity index (χ0n) is 15.2. The predicted octanol–water partition coefficient (Wildman–Crippen LogP) is 3.56. The minimum absolute atomic E-state index is 0.185. The molecule has 6 nitrogen and oxygen atoms in total. The first-order valence-corrected chi connectivity index (χ1v) is 11.1. The lowest BCUT2D eigenvalue weighted by atomic mass is 10.4. The van der Waals surface area contributed by atoms with Crippen LogP contribution >= 0.6 is 0 Å². The summed E-state index contributed by atoms with van der Waals surface area (Å²) in [5, 5.41) is 0. The van der Waals surface area contributed by atoms with Crippen molar-refractivity contribution in [3.63, 3.8) is 0 Å². The molecular weight excluding hydrogens is 406 g/mol. The summed E-state index contributed by atoms with van der Waals surface area (Å²) in [6.45, 7) is 0. The van der Waals surface area contributed by atoms with Gasteiger partial charge in [0.2, 0.25) is 0 Å². The molecule has 0 aliphatic carbocycles. The summed E-state index contributed by atoms with van der Waals surface area (Å²) in [7, 11) is -4.45. The average molecular weight is 424 g/mol. The minimum atomic E-state index is -4.25. The third-order valence-corrected chi connectivity index (χ3v) is 6.63. The van der Waals surface area contributed by atoms with Gasteiger partial charge in [-0.15, -0.1) is 0 Å². The zero-order valence-corrected chi connectivity index (χ0v) is 16.8. The summed E-state index contributed by atoms with van der Waals surface area (Å²) in [5.41, 5.74) is 0. The van der Waals surface area contributed by atoms with E-state index >= 15 is 0 Å². The Morgan fingerprint density at radius 1 is 0.621 bits per heavy atom. The molecule has 3 aromatic heterocycles. The Kier molecular flexibility index (Phi) is 7.07. The molecule has 0 aliphatic rings. The molecule has 4 aromatic rings. The molecular formula is C21H17N3O3S2. The number of hydrogen-bond donors (Lipinski definition) is 0. The van der Waals surface area contributed by atoms with Gasteiger partial charge in [0.25, 0.3) is 0 Å². The fraction of sp³-hybridized carbons (Fsp3) is 0. The minimum Gasteiger partial charge on any atom is -0.744 e. The van der Waals surface area contributed by atoms with Crippen LogP contribution in [0.4, 0.5) is 0 Å². The SMILES string of the molecule is O=S(=O)([O-])c1ccccc1.c1cncc([S+](c2cccnc2)c2cccnc2)c1.